The topological polar surface area (TPSA) is 50.7 Å². The van der Waals surface area contributed by atoms with E-state index in [1.54, 1.807) is 0 Å². The van der Waals surface area contributed by atoms with Crippen molar-refractivity contribution in [3.63, 3.8) is 0 Å². The molecule has 0 aromatic heterocycles. The van der Waals surface area contributed by atoms with Crippen LogP contribution >= 0.6 is 0 Å². The summed E-state index contributed by atoms with van der Waals surface area (Å²) in [5.74, 6) is 2.36. The van der Waals surface area contributed by atoms with E-state index in [1.165, 1.54) is 11.6 Å². The number of hydrogen-bond acceptors (Lipinski definition) is 3. The fourth-order valence-corrected chi connectivity index (χ4v) is 2.20. The largest absolute Gasteiger partial charge is 0.396 e. The molecule has 0 aliphatic heterocycles. The lowest BCUT2D eigenvalue weighted by molar-refractivity contribution is -0.111. The minimum atomic E-state index is -0.210. The van der Waals surface area contributed by atoms with Crippen LogP contribution in [0, 0.1) is 12.3 Å². The summed E-state index contributed by atoms with van der Waals surface area (Å²) >= 11 is 0. The van der Waals surface area contributed by atoms with Gasteiger partial charge in [0.05, 0.1) is 5.71 Å². The zero-order chi connectivity index (χ0) is 15.1. The van der Waals surface area contributed by atoms with Crippen LogP contribution in [0.2, 0.25) is 0 Å². The van der Waals surface area contributed by atoms with Crippen LogP contribution in [0.5, 0.6) is 0 Å². The van der Waals surface area contributed by atoms with E-state index in [1.807, 2.05) is 18.2 Å². The van der Waals surface area contributed by atoms with Crippen LogP contribution in [0.25, 0.3) is 0 Å². The number of benzene rings is 1. The number of aryl methyl sites for hydroxylation is 1. The lowest BCUT2D eigenvalue weighted by Gasteiger charge is -2.05. The van der Waals surface area contributed by atoms with Gasteiger partial charge >= 0.3 is 0 Å². The molecule has 1 aromatic carbocycles. The van der Waals surface area contributed by atoms with Crippen molar-refractivity contribution in [2.75, 3.05) is 11.9 Å². The van der Waals surface area contributed by atoms with E-state index in [9.17, 15) is 4.79 Å². The van der Waals surface area contributed by atoms with Crippen molar-refractivity contribution in [1.29, 1.82) is 0 Å². The Labute approximate surface area is 124 Å². The Kier molecular flexibility index (Phi) is 5.16. The Morgan fingerprint density at radius 2 is 2.38 bits per heavy atom. The molecular formula is C17H18N2O2. The van der Waals surface area contributed by atoms with Gasteiger partial charge in [0, 0.05) is 17.7 Å². The highest BCUT2D eigenvalue weighted by atomic mass is 16.6. The van der Waals surface area contributed by atoms with Crippen molar-refractivity contribution < 1.29 is 9.63 Å². The van der Waals surface area contributed by atoms with Gasteiger partial charge in [-0.25, -0.2) is 0 Å². The van der Waals surface area contributed by atoms with E-state index in [-0.39, 0.29) is 5.91 Å². The van der Waals surface area contributed by atoms with Crippen molar-refractivity contribution in [3.05, 3.63) is 42.0 Å². The molecule has 0 saturated heterocycles. The first-order valence-corrected chi connectivity index (χ1v) is 6.93. The average molecular weight is 282 g/mol. The molecule has 0 saturated carbocycles. The van der Waals surface area contributed by atoms with Crippen molar-refractivity contribution >= 4 is 17.3 Å². The number of carbonyl (C=O) groups excluding carboxylic acids is 1. The molecule has 1 amide bonds. The molecule has 0 bridgehead atoms. The Hall–Kier alpha value is -2.54. The molecule has 4 nitrogen and oxygen atoms in total. The van der Waals surface area contributed by atoms with Crippen LogP contribution < -0.4 is 5.32 Å². The van der Waals surface area contributed by atoms with Crippen LogP contribution in [-0.2, 0) is 16.1 Å². The maximum atomic E-state index is 11.3. The van der Waals surface area contributed by atoms with E-state index in [0.29, 0.717) is 13.0 Å². The molecule has 108 valence electrons. The van der Waals surface area contributed by atoms with Gasteiger partial charge < -0.3 is 10.2 Å². The first-order valence-electron chi connectivity index (χ1n) is 6.93. The van der Waals surface area contributed by atoms with E-state index in [4.69, 9.17) is 11.3 Å². The first kappa shape index (κ1) is 14.9. The van der Waals surface area contributed by atoms with Gasteiger partial charge in [-0.3, -0.25) is 4.79 Å². The number of unbranched alkanes of at least 4 members (excludes halogenated alkanes) is 1. The minimum Gasteiger partial charge on any atom is -0.396 e. The Balaban J connectivity index is 2.00. The molecule has 0 heterocycles. The lowest BCUT2D eigenvalue weighted by Crippen LogP contribution is -2.07. The number of carbonyl (C=O) groups is 1. The van der Waals surface area contributed by atoms with Gasteiger partial charge in [0.25, 0.3) is 0 Å². The molecule has 0 unspecified atom stereocenters. The third kappa shape index (κ3) is 3.96. The highest BCUT2D eigenvalue weighted by molar-refractivity contribution is 6.05. The van der Waals surface area contributed by atoms with Gasteiger partial charge in [0.15, 0.2) is 0 Å². The number of amides is 1. The number of terminal acetylenes is 1. The molecule has 0 atom stereocenters. The Bertz CT molecular complexity index is 612. The summed E-state index contributed by atoms with van der Waals surface area (Å²) in [7, 11) is 0. The first-order chi connectivity index (χ1) is 10.2. The summed E-state index contributed by atoms with van der Waals surface area (Å²) < 4.78 is 0. The van der Waals surface area contributed by atoms with Gasteiger partial charge in [-0.1, -0.05) is 17.8 Å². The molecule has 21 heavy (non-hydrogen) atoms. The van der Waals surface area contributed by atoms with Crippen molar-refractivity contribution in [2.45, 2.75) is 25.7 Å². The standard InChI is InChI=1S/C17H18N2O2/c1-3-5-6-11-21-19-16-10-7-13-12-14(8-9-15(13)16)18-17(20)4-2/h1,4,8-9,12H,2,5-7,10-11H2,(H,18,20)/b19-16-. The number of fused-ring (bicyclic) bond motifs is 1. The normalized spacial score (nSPS) is 14.3. The predicted molar refractivity (Wildman–Crippen MR) is 84.1 cm³/mol. The zero-order valence-corrected chi connectivity index (χ0v) is 11.9. The second-order valence-corrected chi connectivity index (χ2v) is 4.74. The SMILES string of the molecule is C#CCCCO/N=C1/CCc2cc(NC(=O)C=C)ccc21. The summed E-state index contributed by atoms with van der Waals surface area (Å²) in [6.07, 6.45) is 9.70. The fraction of sp³-hybridized carbons (Fsp3) is 0.294. The zero-order valence-electron chi connectivity index (χ0n) is 11.9. The Morgan fingerprint density at radius 1 is 1.52 bits per heavy atom. The van der Waals surface area contributed by atoms with Gasteiger partial charge in [-0.15, -0.1) is 12.3 Å². The van der Waals surface area contributed by atoms with Gasteiger partial charge in [0.2, 0.25) is 5.91 Å². The Morgan fingerprint density at radius 3 is 3.14 bits per heavy atom. The molecule has 0 spiro atoms. The molecule has 1 N–H and O–H groups in total. The predicted octanol–water partition coefficient (Wildman–Crippen LogP) is 2.89. The highest BCUT2D eigenvalue weighted by Crippen LogP contribution is 2.26. The van der Waals surface area contributed by atoms with E-state index in [2.05, 4.69) is 23.0 Å². The van der Waals surface area contributed by atoms with Gasteiger partial charge in [0.1, 0.15) is 6.61 Å². The van der Waals surface area contributed by atoms with E-state index in [0.717, 1.165) is 36.2 Å². The maximum absolute atomic E-state index is 11.3. The van der Waals surface area contributed by atoms with E-state index < -0.39 is 0 Å². The molecular weight excluding hydrogens is 264 g/mol. The quantitative estimate of drug-likeness (QED) is 0.377. The molecule has 2 rings (SSSR count). The summed E-state index contributed by atoms with van der Waals surface area (Å²) in [6.45, 7) is 3.97. The van der Waals surface area contributed by atoms with Crippen molar-refractivity contribution in [1.82, 2.24) is 0 Å². The molecule has 1 aliphatic rings. The lowest BCUT2D eigenvalue weighted by atomic mass is 10.1. The van der Waals surface area contributed by atoms with Crippen molar-refractivity contribution in [2.24, 2.45) is 5.16 Å². The van der Waals surface area contributed by atoms with Gasteiger partial charge in [-0.05, 0) is 43.0 Å². The fourth-order valence-electron chi connectivity index (χ4n) is 2.20. The molecule has 0 radical (unpaired) electrons. The third-order valence-corrected chi connectivity index (χ3v) is 3.23. The molecule has 4 heteroatoms. The summed E-state index contributed by atoms with van der Waals surface area (Å²) in [4.78, 5) is 16.6. The number of rotatable bonds is 6. The summed E-state index contributed by atoms with van der Waals surface area (Å²) in [6, 6.07) is 5.79. The van der Waals surface area contributed by atoms with Gasteiger partial charge in [-0.2, -0.15) is 0 Å². The van der Waals surface area contributed by atoms with Crippen LogP contribution in [-0.4, -0.2) is 18.2 Å². The second-order valence-electron chi connectivity index (χ2n) is 4.74. The van der Waals surface area contributed by atoms with Crippen molar-refractivity contribution in [3.8, 4) is 12.3 Å². The summed E-state index contributed by atoms with van der Waals surface area (Å²) in [5.41, 5.74) is 3.98. The monoisotopic (exact) mass is 282 g/mol. The number of hydrogen-bond donors (Lipinski definition) is 1. The number of oxime groups is 1. The average Bonchev–Trinajstić information content (AvgIpc) is 2.89. The minimum absolute atomic E-state index is 0.210. The van der Waals surface area contributed by atoms with Crippen LogP contribution in [0.1, 0.15) is 30.4 Å². The third-order valence-electron chi connectivity index (χ3n) is 3.23. The summed E-state index contributed by atoms with van der Waals surface area (Å²) in [5, 5.41) is 6.94. The number of nitrogens with one attached hydrogen (secondary N) is 1. The smallest absolute Gasteiger partial charge is 0.247 e. The van der Waals surface area contributed by atoms with Crippen LogP contribution in [0.4, 0.5) is 5.69 Å². The number of anilines is 1. The molecule has 1 aliphatic carbocycles. The van der Waals surface area contributed by atoms with Crippen LogP contribution in [0.15, 0.2) is 36.0 Å². The molecule has 0 fully saturated rings. The molecule has 1 aromatic rings. The maximum Gasteiger partial charge on any atom is 0.247 e. The highest BCUT2D eigenvalue weighted by Gasteiger charge is 2.18. The van der Waals surface area contributed by atoms with E-state index >= 15 is 0 Å². The second kappa shape index (κ2) is 7.30. The number of nitrogens with zero attached hydrogens (tertiary/aromatic N) is 1. The van der Waals surface area contributed by atoms with Crippen LogP contribution in [0.3, 0.4) is 0 Å².